The monoisotopic (exact) mass is 944 g/mol. The third kappa shape index (κ3) is 13.5. The van der Waals surface area contributed by atoms with Gasteiger partial charge in [0.05, 0.1) is 14.7 Å². The lowest BCUT2D eigenvalue weighted by molar-refractivity contribution is 0.846. The minimum atomic E-state index is -0.190. The molecule has 0 aliphatic heterocycles. The number of hydrogen-bond donors (Lipinski definition) is 0. The summed E-state index contributed by atoms with van der Waals surface area (Å²) in [6, 6.07) is 83.8. The molecule has 0 fully saturated rings. The number of hydrogen-bond acceptors (Lipinski definition) is 4. The van der Waals surface area contributed by atoms with Crippen LogP contribution in [0.25, 0.3) is 0 Å². The zero-order chi connectivity index (χ0) is 43.9. The van der Waals surface area contributed by atoms with E-state index in [2.05, 4.69) is 172 Å². The van der Waals surface area contributed by atoms with E-state index in [0.29, 0.717) is 5.25 Å². The molecule has 316 valence electrons. The van der Waals surface area contributed by atoms with E-state index in [4.69, 9.17) is 32.0 Å². The van der Waals surface area contributed by atoms with Crippen molar-refractivity contribution < 1.29 is 0 Å². The first-order valence-corrected chi connectivity index (χ1v) is 26.5. The van der Waals surface area contributed by atoms with Crippen molar-refractivity contribution in [3.05, 3.63) is 287 Å². The van der Waals surface area contributed by atoms with Gasteiger partial charge in [-0.1, -0.05) is 243 Å². The Kier molecular flexibility index (Phi) is 21.1. The normalized spacial score (nSPS) is 11.4. The quantitative estimate of drug-likeness (QED) is 0.112. The van der Waals surface area contributed by atoms with Gasteiger partial charge in [-0.3, -0.25) is 0 Å². The van der Waals surface area contributed by atoms with Gasteiger partial charge in [-0.2, -0.15) is 0 Å². The molecular formula is C55H51Cl3S4. The topological polar surface area (TPSA) is 0 Å². The van der Waals surface area contributed by atoms with Crippen LogP contribution in [0, 0.1) is 0 Å². The average Bonchev–Trinajstić information content (AvgIpc) is 3.37. The van der Waals surface area contributed by atoms with E-state index in [1.54, 1.807) is 0 Å². The van der Waals surface area contributed by atoms with Crippen LogP contribution in [0.5, 0.6) is 0 Å². The molecule has 0 N–H and O–H groups in total. The number of rotatable bonds is 12. The summed E-state index contributed by atoms with van der Waals surface area (Å²) < 4.78 is -0.353. The molecule has 62 heavy (non-hydrogen) atoms. The summed E-state index contributed by atoms with van der Waals surface area (Å²) in [6.07, 6.45) is 2.19. The second-order valence-electron chi connectivity index (χ2n) is 14.3. The third-order valence-corrected chi connectivity index (χ3v) is 16.0. The van der Waals surface area contributed by atoms with Crippen LogP contribution in [0.2, 0.25) is 0 Å². The molecule has 0 amide bonds. The maximum absolute atomic E-state index is 6.09. The lowest BCUT2D eigenvalue weighted by Gasteiger charge is -2.34. The van der Waals surface area contributed by atoms with Gasteiger partial charge in [-0.05, 0) is 130 Å². The van der Waals surface area contributed by atoms with E-state index in [1.807, 2.05) is 103 Å². The first-order chi connectivity index (χ1) is 30.4. The molecule has 0 radical (unpaired) electrons. The van der Waals surface area contributed by atoms with Crippen molar-refractivity contribution in [3.8, 4) is 0 Å². The first-order valence-electron chi connectivity index (χ1n) is 20.2. The van der Waals surface area contributed by atoms with Crippen LogP contribution in [-0.2, 0) is 9.49 Å². The van der Waals surface area contributed by atoms with Crippen LogP contribution in [0.3, 0.4) is 0 Å². The van der Waals surface area contributed by atoms with Gasteiger partial charge in [-0.15, -0.1) is 11.8 Å². The summed E-state index contributed by atoms with van der Waals surface area (Å²) in [7, 11) is 21.7. The molecule has 1 atom stereocenters. The van der Waals surface area contributed by atoms with Crippen molar-refractivity contribution >= 4 is 76.7 Å². The number of benzene rings is 8. The van der Waals surface area contributed by atoms with E-state index in [-0.39, 0.29) is 14.7 Å². The van der Waals surface area contributed by atoms with Crippen molar-refractivity contribution in [1.29, 1.82) is 0 Å². The van der Waals surface area contributed by atoms with Crippen molar-refractivity contribution in [2.24, 2.45) is 0 Å². The molecule has 0 saturated heterocycles. The molecule has 0 heterocycles. The Morgan fingerprint density at radius 1 is 0.355 bits per heavy atom. The summed E-state index contributed by atoms with van der Waals surface area (Å²) >= 11 is 1.88. The third-order valence-electron chi connectivity index (χ3n) is 10.3. The predicted octanol–water partition coefficient (Wildman–Crippen LogP) is 18.5. The second-order valence-corrected chi connectivity index (χ2v) is 19.3. The second kappa shape index (κ2) is 26.6. The highest BCUT2D eigenvalue weighted by atomic mass is 35.7. The van der Waals surface area contributed by atoms with E-state index in [9.17, 15) is 0 Å². The fraction of sp³-hybridized carbons (Fsp3) is 0.127. The molecule has 0 nitrogen and oxygen atoms in total. The standard InChI is InChI=1S/C20H18S.C14H13ClS.C13H11ClS.C8H9ClS/c1-21-20(17-11-5-2-6-12-17,18-13-7-3-8-14-18)19-15-9-4-10-16-19;1-14(16-15,12-8-4-2-5-9-12)13-10-6-3-7-11-13;14-15-13(11-7-3-1-4-8-11)12-9-5-2-6-10-12;1-7(10-9)8-5-3-2-4-6-8/h2-16H,1H3;2-11H,1H3;1-10,13H;2-7H,1H3. The first kappa shape index (κ1) is 49.1. The van der Waals surface area contributed by atoms with E-state index >= 15 is 0 Å². The minimum Gasteiger partial charge on any atom is -0.144 e. The van der Waals surface area contributed by atoms with Crippen LogP contribution >= 0.6 is 76.7 Å². The molecular weight excluding hydrogens is 895 g/mol. The van der Waals surface area contributed by atoms with Gasteiger partial charge >= 0.3 is 0 Å². The van der Waals surface area contributed by atoms with Crippen molar-refractivity contribution in [2.45, 2.75) is 33.8 Å². The molecule has 0 aliphatic rings. The van der Waals surface area contributed by atoms with Gasteiger partial charge in [0, 0.05) is 5.25 Å². The lowest BCUT2D eigenvalue weighted by Crippen LogP contribution is -2.24. The van der Waals surface area contributed by atoms with Crippen LogP contribution in [0.4, 0.5) is 0 Å². The number of halogens is 3. The molecule has 7 heteroatoms. The Bertz CT molecular complexity index is 2180. The van der Waals surface area contributed by atoms with Crippen LogP contribution < -0.4 is 0 Å². The smallest absolute Gasteiger partial charge is 0.0904 e. The zero-order valence-electron chi connectivity index (χ0n) is 35.0. The predicted molar refractivity (Wildman–Crippen MR) is 282 cm³/mol. The van der Waals surface area contributed by atoms with Gasteiger partial charge in [0.25, 0.3) is 0 Å². The lowest BCUT2D eigenvalue weighted by atomic mass is 9.84. The van der Waals surface area contributed by atoms with E-state index in [0.717, 1.165) is 0 Å². The Hall–Kier alpha value is -3.97. The van der Waals surface area contributed by atoms with Crippen LogP contribution in [0.1, 0.15) is 68.9 Å². The van der Waals surface area contributed by atoms with Crippen LogP contribution in [0.15, 0.2) is 243 Å². The zero-order valence-corrected chi connectivity index (χ0v) is 40.5. The SMILES string of the molecule is CC(SCl)(c1ccccc1)c1ccccc1.CC(SCl)c1ccccc1.CSC(c1ccccc1)(c1ccccc1)c1ccccc1.ClSC(c1ccccc1)c1ccccc1. The molecule has 1 unspecified atom stereocenters. The highest BCUT2D eigenvalue weighted by molar-refractivity contribution is 8.22. The van der Waals surface area contributed by atoms with Gasteiger partial charge in [0.1, 0.15) is 0 Å². The molecule has 0 saturated carbocycles. The highest BCUT2D eigenvalue weighted by Gasteiger charge is 2.35. The minimum absolute atomic E-state index is 0.163. The maximum atomic E-state index is 6.09. The van der Waals surface area contributed by atoms with Crippen molar-refractivity contribution in [3.63, 3.8) is 0 Å². The summed E-state index contributed by atoms with van der Waals surface area (Å²) in [4.78, 5) is 0. The van der Waals surface area contributed by atoms with Crippen LogP contribution in [-0.4, -0.2) is 6.26 Å². The number of thioether (sulfide) groups is 1. The molecule has 0 spiro atoms. The van der Waals surface area contributed by atoms with Crippen molar-refractivity contribution in [1.82, 2.24) is 0 Å². The Morgan fingerprint density at radius 2 is 0.613 bits per heavy atom. The Balaban J connectivity index is 0.000000161. The highest BCUT2D eigenvalue weighted by Crippen LogP contribution is 2.47. The molecule has 8 rings (SSSR count). The Labute approximate surface area is 400 Å². The maximum Gasteiger partial charge on any atom is 0.0904 e. The van der Waals surface area contributed by atoms with E-state index < -0.39 is 0 Å². The largest absolute Gasteiger partial charge is 0.144 e. The van der Waals surface area contributed by atoms with Gasteiger partial charge < -0.3 is 0 Å². The van der Waals surface area contributed by atoms with Gasteiger partial charge in [0.2, 0.25) is 0 Å². The molecule has 8 aromatic carbocycles. The van der Waals surface area contributed by atoms with Gasteiger partial charge in [0.15, 0.2) is 0 Å². The molecule has 0 bridgehead atoms. The average molecular weight is 947 g/mol. The summed E-state index contributed by atoms with van der Waals surface area (Å²) in [5.74, 6) is 0. The summed E-state index contributed by atoms with van der Waals surface area (Å²) in [5, 5.41) is 0.608. The Morgan fingerprint density at radius 3 is 0.855 bits per heavy atom. The molecule has 0 aliphatic carbocycles. The molecule has 0 aromatic heterocycles. The fourth-order valence-corrected chi connectivity index (χ4v) is 10.8. The fourth-order valence-electron chi connectivity index (χ4n) is 6.97. The summed E-state index contributed by atoms with van der Waals surface area (Å²) in [5.41, 5.74) is 10.2. The van der Waals surface area contributed by atoms with E-state index in [1.165, 1.54) is 77.4 Å². The molecule has 8 aromatic rings. The van der Waals surface area contributed by atoms with Gasteiger partial charge in [-0.25, -0.2) is 0 Å². The van der Waals surface area contributed by atoms with Crippen molar-refractivity contribution in [2.75, 3.05) is 6.26 Å². The summed E-state index contributed by atoms with van der Waals surface area (Å²) in [6.45, 7) is 4.24.